The molecule has 7 nitrogen and oxygen atoms in total. The van der Waals surface area contributed by atoms with Crippen molar-refractivity contribution in [3.63, 3.8) is 0 Å². The number of ether oxygens (including phenoxy) is 3. The van der Waals surface area contributed by atoms with Crippen LogP contribution < -0.4 is 10.1 Å². The largest absolute Gasteiger partial charge is 0.482 e. The van der Waals surface area contributed by atoms with Gasteiger partial charge in [0.15, 0.2) is 13.2 Å². The summed E-state index contributed by atoms with van der Waals surface area (Å²) in [5.74, 6) is -0.798. The summed E-state index contributed by atoms with van der Waals surface area (Å²) in [7, 11) is 1.30. The molecular weight excluding hydrogens is 302 g/mol. The monoisotopic (exact) mass is 323 g/mol. The summed E-state index contributed by atoms with van der Waals surface area (Å²) in [6.45, 7) is 1.53. The molecule has 1 rings (SSSR count). The highest BCUT2D eigenvalue weighted by atomic mass is 16.6. The SMILES string of the molecule is COC(=O)CCCNC(=O)COC(=O)COc1ccccc1C. The second-order valence-corrected chi connectivity index (χ2v) is 4.74. The number of esters is 2. The van der Waals surface area contributed by atoms with Crippen molar-refractivity contribution >= 4 is 17.8 Å². The molecule has 0 heterocycles. The van der Waals surface area contributed by atoms with Gasteiger partial charge in [0.25, 0.3) is 5.91 Å². The fraction of sp³-hybridized carbons (Fsp3) is 0.438. The van der Waals surface area contributed by atoms with Gasteiger partial charge in [0.2, 0.25) is 0 Å². The molecule has 0 aliphatic carbocycles. The minimum absolute atomic E-state index is 0.223. The lowest BCUT2D eigenvalue weighted by atomic mass is 10.2. The predicted molar refractivity (Wildman–Crippen MR) is 81.9 cm³/mol. The van der Waals surface area contributed by atoms with Crippen LogP contribution >= 0.6 is 0 Å². The summed E-state index contributed by atoms with van der Waals surface area (Å²) in [6.07, 6.45) is 0.684. The van der Waals surface area contributed by atoms with Crippen LogP contribution in [0.1, 0.15) is 18.4 Å². The molecule has 0 aliphatic heterocycles. The van der Waals surface area contributed by atoms with Crippen LogP contribution in [0.2, 0.25) is 0 Å². The molecule has 0 fully saturated rings. The van der Waals surface area contributed by atoms with Crippen LogP contribution in [0, 0.1) is 6.92 Å². The average molecular weight is 323 g/mol. The van der Waals surface area contributed by atoms with Gasteiger partial charge in [-0.15, -0.1) is 0 Å². The van der Waals surface area contributed by atoms with Crippen molar-refractivity contribution < 1.29 is 28.6 Å². The van der Waals surface area contributed by atoms with Crippen molar-refractivity contribution in [2.75, 3.05) is 26.9 Å². The summed E-state index contributed by atoms with van der Waals surface area (Å²) >= 11 is 0. The Kier molecular flexibility index (Phi) is 8.20. The minimum atomic E-state index is -0.627. The Labute approximate surface area is 134 Å². The number of para-hydroxylation sites is 1. The summed E-state index contributed by atoms with van der Waals surface area (Å²) in [5, 5.41) is 2.54. The van der Waals surface area contributed by atoms with Crippen LogP contribution in [0.15, 0.2) is 24.3 Å². The maximum Gasteiger partial charge on any atom is 0.344 e. The van der Waals surface area contributed by atoms with Crippen molar-refractivity contribution in [2.45, 2.75) is 19.8 Å². The van der Waals surface area contributed by atoms with Crippen LogP contribution in [0.4, 0.5) is 0 Å². The van der Waals surface area contributed by atoms with Gasteiger partial charge in [0.05, 0.1) is 7.11 Å². The Bertz CT molecular complexity index is 543. The number of nitrogens with one attached hydrogen (secondary N) is 1. The summed E-state index contributed by atoms with van der Waals surface area (Å²) in [5.41, 5.74) is 0.906. The maximum absolute atomic E-state index is 11.5. The fourth-order valence-electron chi connectivity index (χ4n) is 1.66. The molecule has 0 saturated carbocycles. The molecule has 1 aromatic carbocycles. The molecule has 0 unspecified atom stereocenters. The van der Waals surface area contributed by atoms with Crippen LogP contribution in [0.25, 0.3) is 0 Å². The van der Waals surface area contributed by atoms with Crippen LogP contribution in [0.5, 0.6) is 5.75 Å². The first-order valence-corrected chi connectivity index (χ1v) is 7.20. The van der Waals surface area contributed by atoms with Crippen LogP contribution in [-0.4, -0.2) is 44.7 Å². The molecule has 1 aromatic rings. The van der Waals surface area contributed by atoms with E-state index in [0.29, 0.717) is 18.7 Å². The Balaban J connectivity index is 2.14. The number of aryl methyl sites for hydroxylation is 1. The number of amides is 1. The second-order valence-electron chi connectivity index (χ2n) is 4.74. The number of rotatable bonds is 9. The third-order valence-electron chi connectivity index (χ3n) is 2.91. The third kappa shape index (κ3) is 7.85. The van der Waals surface area contributed by atoms with Crippen LogP contribution in [-0.2, 0) is 23.9 Å². The zero-order valence-electron chi connectivity index (χ0n) is 13.3. The number of benzene rings is 1. The molecule has 1 amide bonds. The predicted octanol–water partition coefficient (Wildman–Crippen LogP) is 0.986. The molecular formula is C16H21NO6. The average Bonchev–Trinajstić information content (AvgIpc) is 2.55. The number of hydrogen-bond donors (Lipinski definition) is 1. The van der Waals surface area contributed by atoms with Gasteiger partial charge in [0.1, 0.15) is 5.75 Å². The van der Waals surface area contributed by atoms with Gasteiger partial charge < -0.3 is 19.5 Å². The van der Waals surface area contributed by atoms with Gasteiger partial charge in [-0.2, -0.15) is 0 Å². The van der Waals surface area contributed by atoms with E-state index in [4.69, 9.17) is 9.47 Å². The molecule has 126 valence electrons. The lowest BCUT2D eigenvalue weighted by Crippen LogP contribution is -2.30. The van der Waals surface area contributed by atoms with E-state index in [2.05, 4.69) is 10.1 Å². The number of hydrogen-bond acceptors (Lipinski definition) is 6. The zero-order valence-corrected chi connectivity index (χ0v) is 13.3. The summed E-state index contributed by atoms with van der Waals surface area (Å²) in [4.78, 5) is 33.8. The van der Waals surface area contributed by atoms with Crippen molar-refractivity contribution in [1.82, 2.24) is 5.32 Å². The summed E-state index contributed by atoms with van der Waals surface area (Å²) < 4.78 is 14.6. The molecule has 0 aromatic heterocycles. The van der Waals surface area contributed by atoms with E-state index in [1.54, 1.807) is 12.1 Å². The minimum Gasteiger partial charge on any atom is -0.482 e. The summed E-state index contributed by atoms with van der Waals surface area (Å²) in [6, 6.07) is 7.28. The maximum atomic E-state index is 11.5. The van der Waals surface area contributed by atoms with Gasteiger partial charge in [-0.3, -0.25) is 9.59 Å². The molecule has 0 bridgehead atoms. The number of carbonyl (C=O) groups is 3. The van der Waals surface area contributed by atoms with E-state index in [1.165, 1.54) is 7.11 Å². The van der Waals surface area contributed by atoms with E-state index < -0.39 is 11.9 Å². The van der Waals surface area contributed by atoms with Gasteiger partial charge in [-0.25, -0.2) is 4.79 Å². The highest BCUT2D eigenvalue weighted by Gasteiger charge is 2.09. The lowest BCUT2D eigenvalue weighted by molar-refractivity contribution is -0.150. The van der Waals surface area contributed by atoms with Crippen molar-refractivity contribution in [1.29, 1.82) is 0 Å². The first kappa shape index (κ1) is 18.5. The van der Waals surface area contributed by atoms with Crippen molar-refractivity contribution in [3.8, 4) is 5.75 Å². The molecule has 0 atom stereocenters. The van der Waals surface area contributed by atoms with Gasteiger partial charge >= 0.3 is 11.9 Å². The van der Waals surface area contributed by atoms with E-state index in [-0.39, 0.29) is 25.6 Å². The standard InChI is InChI=1S/C16H21NO6/c1-12-6-3-4-7-13(12)22-11-16(20)23-10-14(18)17-9-5-8-15(19)21-2/h3-4,6-7H,5,8-11H2,1-2H3,(H,17,18). The first-order valence-electron chi connectivity index (χ1n) is 7.20. The Morgan fingerprint density at radius 2 is 1.83 bits per heavy atom. The molecule has 0 aliphatic rings. The smallest absolute Gasteiger partial charge is 0.344 e. The van der Waals surface area contributed by atoms with E-state index in [0.717, 1.165) is 5.56 Å². The first-order chi connectivity index (χ1) is 11.0. The molecule has 0 saturated heterocycles. The molecule has 0 radical (unpaired) electrons. The lowest BCUT2D eigenvalue weighted by Gasteiger charge is -2.09. The Morgan fingerprint density at radius 3 is 2.52 bits per heavy atom. The van der Waals surface area contributed by atoms with Crippen LogP contribution in [0.3, 0.4) is 0 Å². The Morgan fingerprint density at radius 1 is 1.09 bits per heavy atom. The number of methoxy groups -OCH3 is 1. The molecule has 23 heavy (non-hydrogen) atoms. The van der Waals surface area contributed by atoms with Gasteiger partial charge in [-0.1, -0.05) is 18.2 Å². The molecule has 7 heteroatoms. The highest BCUT2D eigenvalue weighted by molar-refractivity contribution is 5.80. The second kappa shape index (κ2) is 10.2. The molecule has 1 N–H and O–H groups in total. The fourth-order valence-corrected chi connectivity index (χ4v) is 1.66. The zero-order chi connectivity index (χ0) is 17.1. The van der Waals surface area contributed by atoms with Gasteiger partial charge in [0, 0.05) is 13.0 Å². The topological polar surface area (TPSA) is 90.9 Å². The Hall–Kier alpha value is -2.57. The van der Waals surface area contributed by atoms with E-state index in [1.807, 2.05) is 19.1 Å². The van der Waals surface area contributed by atoms with Crippen molar-refractivity contribution in [3.05, 3.63) is 29.8 Å². The molecule has 0 spiro atoms. The highest BCUT2D eigenvalue weighted by Crippen LogP contribution is 2.15. The van der Waals surface area contributed by atoms with E-state index >= 15 is 0 Å². The number of carbonyl (C=O) groups excluding carboxylic acids is 3. The normalized spacial score (nSPS) is 9.83. The third-order valence-corrected chi connectivity index (χ3v) is 2.91. The van der Waals surface area contributed by atoms with Crippen molar-refractivity contribution in [2.24, 2.45) is 0 Å². The quantitative estimate of drug-likeness (QED) is 0.538. The van der Waals surface area contributed by atoms with E-state index in [9.17, 15) is 14.4 Å². The van der Waals surface area contributed by atoms with Gasteiger partial charge in [-0.05, 0) is 25.0 Å².